The van der Waals surface area contributed by atoms with Crippen LogP contribution in [0.5, 0.6) is 11.5 Å². The molecule has 0 N–H and O–H groups in total. The van der Waals surface area contributed by atoms with Crippen molar-refractivity contribution in [2.75, 3.05) is 6.54 Å². The van der Waals surface area contributed by atoms with Gasteiger partial charge in [-0.05, 0) is 61.2 Å². The molecule has 1 saturated carbocycles. The zero-order valence-electron chi connectivity index (χ0n) is 24.5. The maximum absolute atomic E-state index is 12.5. The molecular formula is C33H31N7O4. The predicted octanol–water partition coefficient (Wildman–Crippen LogP) is 5.19. The van der Waals surface area contributed by atoms with Crippen LogP contribution in [0, 0.1) is 0 Å². The maximum Gasteiger partial charge on any atom is 0.253 e. The normalized spacial score (nSPS) is 16.6. The molecule has 1 atom stereocenters. The minimum Gasteiger partial charge on any atom is -0.457 e. The van der Waals surface area contributed by atoms with E-state index in [-0.39, 0.29) is 23.9 Å². The first-order chi connectivity index (χ1) is 21.4. The number of benzene rings is 2. The van der Waals surface area contributed by atoms with Gasteiger partial charge >= 0.3 is 0 Å². The summed E-state index contributed by atoms with van der Waals surface area (Å²) in [6, 6.07) is 18.9. The Morgan fingerprint density at radius 1 is 0.977 bits per heavy atom. The molecule has 5 aromatic rings. The monoisotopic (exact) mass is 589 g/mol. The van der Waals surface area contributed by atoms with E-state index in [2.05, 4.69) is 39.2 Å². The molecular weight excluding hydrogens is 558 g/mol. The lowest BCUT2D eigenvalue weighted by atomic mass is 10.1. The van der Waals surface area contributed by atoms with Crippen molar-refractivity contribution in [1.82, 2.24) is 34.8 Å². The molecule has 44 heavy (non-hydrogen) atoms. The van der Waals surface area contributed by atoms with Gasteiger partial charge in [0.1, 0.15) is 11.5 Å². The molecule has 222 valence electrons. The van der Waals surface area contributed by atoms with E-state index in [9.17, 15) is 9.59 Å². The molecule has 0 spiro atoms. The lowest BCUT2D eigenvalue weighted by Crippen LogP contribution is -2.27. The minimum absolute atomic E-state index is 0.110. The van der Waals surface area contributed by atoms with Crippen LogP contribution >= 0.6 is 0 Å². The number of rotatable bonds is 9. The molecule has 0 bridgehead atoms. The Morgan fingerprint density at radius 2 is 1.80 bits per heavy atom. The summed E-state index contributed by atoms with van der Waals surface area (Å²) < 4.78 is 13.5. The Kier molecular flexibility index (Phi) is 7.21. The Balaban J connectivity index is 1.16. The highest BCUT2D eigenvalue weighted by atomic mass is 16.5. The van der Waals surface area contributed by atoms with Crippen molar-refractivity contribution in [2.45, 2.75) is 57.5 Å². The predicted molar refractivity (Wildman–Crippen MR) is 161 cm³/mol. The van der Waals surface area contributed by atoms with Gasteiger partial charge in [0.25, 0.3) is 5.56 Å². The number of hydrogen-bond acceptors (Lipinski definition) is 9. The number of hydrogen-bond donors (Lipinski definition) is 0. The summed E-state index contributed by atoms with van der Waals surface area (Å²) >= 11 is 0. The highest BCUT2D eigenvalue weighted by molar-refractivity contribution is 5.80. The third-order valence-electron chi connectivity index (χ3n) is 8.05. The molecule has 4 heterocycles. The van der Waals surface area contributed by atoms with Crippen molar-refractivity contribution < 1.29 is 14.1 Å². The molecule has 1 aliphatic heterocycles. The first kappa shape index (κ1) is 27.6. The molecule has 0 radical (unpaired) electrons. The van der Waals surface area contributed by atoms with Gasteiger partial charge in [-0.25, -0.2) is 4.98 Å². The molecule has 2 aromatic carbocycles. The van der Waals surface area contributed by atoms with Crippen LogP contribution in [0.25, 0.3) is 22.6 Å². The van der Waals surface area contributed by atoms with Gasteiger partial charge in [-0.1, -0.05) is 31.1 Å². The molecule has 11 heteroatoms. The topological polar surface area (TPSA) is 129 Å². The van der Waals surface area contributed by atoms with Gasteiger partial charge in [0, 0.05) is 48.0 Å². The standard InChI is InChI=1S/C33H31N7O4/c1-20(2)27-11-12-28(37-36-27)21-5-9-26(10-6-21)43-29-15-22(3-4-23(29)17-39-19-34-14-13-30(39)41)32-35-33(44-38-32)24-16-31(42)40(18-24)25-7-8-25/h3-6,9-15,19-20,24-25H,7-8,16-18H2,1-2H3. The first-order valence-corrected chi connectivity index (χ1v) is 14.8. The average molecular weight is 590 g/mol. The Bertz CT molecular complexity index is 1860. The highest BCUT2D eigenvalue weighted by Gasteiger charge is 2.41. The Labute approximate surface area is 253 Å². The third-order valence-corrected chi connectivity index (χ3v) is 8.05. The zero-order valence-corrected chi connectivity index (χ0v) is 24.5. The second kappa shape index (κ2) is 11.5. The summed E-state index contributed by atoms with van der Waals surface area (Å²) in [6.45, 7) is 5.04. The fraction of sp³-hybridized carbons (Fsp3) is 0.303. The number of ether oxygens (including phenoxy) is 1. The summed E-state index contributed by atoms with van der Waals surface area (Å²) in [6.07, 6.45) is 5.48. The number of likely N-dealkylation sites (tertiary alicyclic amines) is 1. The lowest BCUT2D eigenvalue weighted by molar-refractivity contribution is -0.128. The van der Waals surface area contributed by atoms with Crippen molar-refractivity contribution in [2.24, 2.45) is 0 Å². The van der Waals surface area contributed by atoms with Crippen LogP contribution in [-0.4, -0.2) is 53.3 Å². The fourth-order valence-electron chi connectivity index (χ4n) is 5.38. The quantitative estimate of drug-likeness (QED) is 0.228. The zero-order chi connectivity index (χ0) is 30.2. The van der Waals surface area contributed by atoms with Gasteiger partial charge in [-0.2, -0.15) is 15.2 Å². The summed E-state index contributed by atoms with van der Waals surface area (Å²) in [4.78, 5) is 35.6. The van der Waals surface area contributed by atoms with Crippen LogP contribution < -0.4 is 10.3 Å². The highest BCUT2D eigenvalue weighted by Crippen LogP contribution is 2.37. The summed E-state index contributed by atoms with van der Waals surface area (Å²) in [5, 5.41) is 12.9. The number of carbonyl (C=O) groups is 1. The van der Waals surface area contributed by atoms with Gasteiger partial charge in [0.2, 0.25) is 17.6 Å². The van der Waals surface area contributed by atoms with E-state index in [0.29, 0.717) is 53.7 Å². The van der Waals surface area contributed by atoms with Crippen molar-refractivity contribution in [3.63, 3.8) is 0 Å². The van der Waals surface area contributed by atoms with Gasteiger partial charge < -0.3 is 14.2 Å². The number of carbonyl (C=O) groups excluding carboxylic acids is 1. The molecule has 1 amide bonds. The number of amides is 1. The van der Waals surface area contributed by atoms with Crippen LogP contribution in [0.4, 0.5) is 0 Å². The molecule has 1 unspecified atom stereocenters. The maximum atomic E-state index is 12.5. The molecule has 2 aliphatic rings. The van der Waals surface area contributed by atoms with Crippen LogP contribution in [0.15, 0.2) is 82.5 Å². The van der Waals surface area contributed by atoms with E-state index >= 15 is 0 Å². The molecule has 2 fully saturated rings. The van der Waals surface area contributed by atoms with Gasteiger partial charge in [0.15, 0.2) is 0 Å². The van der Waals surface area contributed by atoms with Gasteiger partial charge in [-0.15, -0.1) is 0 Å². The number of nitrogens with zero attached hydrogens (tertiary/aromatic N) is 7. The van der Waals surface area contributed by atoms with E-state index in [0.717, 1.165) is 35.4 Å². The SMILES string of the molecule is CC(C)c1ccc(-c2ccc(Oc3cc(-c4noc(C5CC(=O)N(C6CC6)C5)n4)ccc3Cn3cnccc3=O)cc2)nn1. The van der Waals surface area contributed by atoms with E-state index in [4.69, 9.17) is 9.26 Å². The van der Waals surface area contributed by atoms with E-state index in [1.54, 1.807) is 0 Å². The molecule has 3 aromatic heterocycles. The molecule has 11 nitrogen and oxygen atoms in total. The van der Waals surface area contributed by atoms with Gasteiger partial charge in [-0.3, -0.25) is 14.2 Å². The summed E-state index contributed by atoms with van der Waals surface area (Å²) in [7, 11) is 0. The largest absolute Gasteiger partial charge is 0.457 e. The molecule has 1 saturated heterocycles. The van der Waals surface area contributed by atoms with E-state index in [1.807, 2.05) is 59.5 Å². The Morgan fingerprint density at radius 3 is 2.52 bits per heavy atom. The number of aromatic nitrogens is 6. The average Bonchev–Trinajstić information content (AvgIpc) is 3.62. The van der Waals surface area contributed by atoms with Crippen LogP contribution in [-0.2, 0) is 11.3 Å². The van der Waals surface area contributed by atoms with Crippen LogP contribution in [0.1, 0.15) is 62.1 Å². The minimum atomic E-state index is -0.168. The van der Waals surface area contributed by atoms with Crippen LogP contribution in [0.2, 0.25) is 0 Å². The van der Waals surface area contributed by atoms with Crippen molar-refractivity contribution in [3.05, 3.63) is 101 Å². The van der Waals surface area contributed by atoms with Crippen molar-refractivity contribution in [1.29, 1.82) is 0 Å². The fourth-order valence-corrected chi connectivity index (χ4v) is 5.38. The molecule has 1 aliphatic carbocycles. The summed E-state index contributed by atoms with van der Waals surface area (Å²) in [5.74, 6) is 2.36. The summed E-state index contributed by atoms with van der Waals surface area (Å²) in [5.41, 5.74) is 3.93. The molecule has 7 rings (SSSR count). The third kappa shape index (κ3) is 5.72. The Hall–Kier alpha value is -5.19. The second-order valence-corrected chi connectivity index (χ2v) is 11.6. The van der Waals surface area contributed by atoms with E-state index < -0.39 is 0 Å². The van der Waals surface area contributed by atoms with Crippen molar-refractivity contribution >= 4 is 5.91 Å². The second-order valence-electron chi connectivity index (χ2n) is 11.6. The van der Waals surface area contributed by atoms with Gasteiger partial charge in [0.05, 0.1) is 30.2 Å². The first-order valence-electron chi connectivity index (χ1n) is 14.8. The van der Waals surface area contributed by atoms with Crippen molar-refractivity contribution in [3.8, 4) is 34.1 Å². The smallest absolute Gasteiger partial charge is 0.253 e. The lowest BCUT2D eigenvalue weighted by Gasteiger charge is -2.14. The van der Waals surface area contributed by atoms with E-state index in [1.165, 1.54) is 23.2 Å². The van der Waals surface area contributed by atoms with Crippen LogP contribution in [0.3, 0.4) is 0 Å².